The largest absolute Gasteiger partial charge is 0.497 e. The molecule has 2 aromatic rings. The molecule has 0 spiro atoms. The van der Waals surface area contributed by atoms with Gasteiger partial charge >= 0.3 is 0 Å². The van der Waals surface area contributed by atoms with Crippen molar-refractivity contribution in [3.8, 4) is 5.75 Å². The second-order valence-corrected chi connectivity index (χ2v) is 8.22. The third-order valence-corrected chi connectivity index (χ3v) is 6.27. The maximum atomic E-state index is 12.9. The first-order valence-electron chi connectivity index (χ1n) is 8.72. The fourth-order valence-electron chi connectivity index (χ4n) is 3.00. The van der Waals surface area contributed by atoms with Crippen molar-refractivity contribution in [2.24, 2.45) is 0 Å². The number of anilines is 1. The molecule has 0 aliphatic carbocycles. The number of benzene rings is 2. The molecule has 144 valence electrons. The molecule has 0 atom stereocenters. The van der Waals surface area contributed by atoms with Gasteiger partial charge in [-0.15, -0.1) is 0 Å². The van der Waals surface area contributed by atoms with Crippen molar-refractivity contribution in [2.75, 3.05) is 32.1 Å². The minimum atomic E-state index is -3.70. The Bertz CT molecular complexity index is 887. The Morgan fingerprint density at radius 2 is 1.81 bits per heavy atom. The summed E-state index contributed by atoms with van der Waals surface area (Å²) in [4.78, 5) is 12.3. The highest BCUT2D eigenvalue weighted by Crippen LogP contribution is 2.21. The summed E-state index contributed by atoms with van der Waals surface area (Å²) in [6, 6.07) is 16.3. The van der Waals surface area contributed by atoms with Gasteiger partial charge in [-0.2, -0.15) is 17.0 Å². The second kappa shape index (κ2) is 8.51. The Balaban J connectivity index is 1.67. The van der Waals surface area contributed by atoms with Gasteiger partial charge in [0.15, 0.2) is 0 Å². The molecule has 2 aromatic carbocycles. The van der Waals surface area contributed by atoms with E-state index in [4.69, 9.17) is 4.74 Å². The molecular formula is C19H23N3O4S. The van der Waals surface area contributed by atoms with E-state index in [1.807, 2.05) is 42.5 Å². The number of ether oxygens (including phenoxy) is 1. The zero-order valence-corrected chi connectivity index (χ0v) is 16.0. The van der Waals surface area contributed by atoms with Gasteiger partial charge in [0, 0.05) is 25.3 Å². The number of methoxy groups -OCH3 is 1. The highest BCUT2D eigenvalue weighted by atomic mass is 32.2. The van der Waals surface area contributed by atoms with Crippen LogP contribution >= 0.6 is 0 Å². The molecule has 1 amide bonds. The third-order valence-electron chi connectivity index (χ3n) is 4.34. The molecule has 3 rings (SSSR count). The van der Waals surface area contributed by atoms with Crippen molar-refractivity contribution in [3.63, 3.8) is 0 Å². The zero-order valence-electron chi connectivity index (χ0n) is 15.2. The van der Waals surface area contributed by atoms with Crippen molar-refractivity contribution in [1.29, 1.82) is 0 Å². The van der Waals surface area contributed by atoms with E-state index in [1.54, 1.807) is 19.2 Å². The van der Waals surface area contributed by atoms with E-state index in [0.717, 1.165) is 5.56 Å². The van der Waals surface area contributed by atoms with Crippen LogP contribution < -0.4 is 10.1 Å². The van der Waals surface area contributed by atoms with Crippen LogP contribution in [0, 0.1) is 0 Å². The summed E-state index contributed by atoms with van der Waals surface area (Å²) in [6.07, 6.45) is 0.668. The van der Waals surface area contributed by atoms with Gasteiger partial charge in [-0.05, 0) is 36.2 Å². The van der Waals surface area contributed by atoms with Crippen molar-refractivity contribution in [3.05, 3.63) is 60.2 Å². The highest BCUT2D eigenvalue weighted by Gasteiger charge is 2.34. The number of nitrogens with one attached hydrogen (secondary N) is 1. The number of hydrogen-bond donors (Lipinski definition) is 1. The quantitative estimate of drug-likeness (QED) is 0.821. The van der Waals surface area contributed by atoms with Gasteiger partial charge in [0.2, 0.25) is 5.91 Å². The maximum absolute atomic E-state index is 12.9. The lowest BCUT2D eigenvalue weighted by Gasteiger charge is -2.34. The normalized spacial score (nSPS) is 17.4. The first-order valence-corrected chi connectivity index (χ1v) is 10.1. The lowest BCUT2D eigenvalue weighted by molar-refractivity contribution is -0.116. The molecule has 7 nitrogen and oxygen atoms in total. The number of nitrogens with zero attached hydrogens (tertiary/aromatic N) is 2. The first kappa shape index (κ1) is 19.3. The minimum absolute atomic E-state index is 0.203. The number of carbonyl (C=O) groups is 1. The van der Waals surface area contributed by atoms with Crippen LogP contribution in [0.15, 0.2) is 54.6 Å². The van der Waals surface area contributed by atoms with E-state index in [2.05, 4.69) is 5.32 Å². The van der Waals surface area contributed by atoms with Gasteiger partial charge in [0.1, 0.15) is 5.75 Å². The summed E-state index contributed by atoms with van der Waals surface area (Å²) in [7, 11) is -2.13. The monoisotopic (exact) mass is 389 g/mol. The predicted molar refractivity (Wildman–Crippen MR) is 104 cm³/mol. The molecule has 0 unspecified atom stereocenters. The fourth-order valence-corrected chi connectivity index (χ4v) is 4.63. The predicted octanol–water partition coefficient (Wildman–Crippen LogP) is 2.09. The van der Waals surface area contributed by atoms with E-state index >= 15 is 0 Å². The van der Waals surface area contributed by atoms with E-state index in [1.165, 1.54) is 8.61 Å². The van der Waals surface area contributed by atoms with Gasteiger partial charge in [-0.3, -0.25) is 4.79 Å². The number of amides is 1. The minimum Gasteiger partial charge on any atom is -0.497 e. The van der Waals surface area contributed by atoms with Crippen molar-refractivity contribution >= 4 is 21.8 Å². The van der Waals surface area contributed by atoms with Gasteiger partial charge in [0.25, 0.3) is 10.2 Å². The summed E-state index contributed by atoms with van der Waals surface area (Å²) in [6.45, 7) is 0.803. The van der Waals surface area contributed by atoms with E-state index in [-0.39, 0.29) is 19.0 Å². The number of rotatable bonds is 6. The van der Waals surface area contributed by atoms with Crippen LogP contribution in [0.2, 0.25) is 0 Å². The van der Waals surface area contributed by atoms with Gasteiger partial charge in [-0.1, -0.05) is 30.3 Å². The van der Waals surface area contributed by atoms with E-state index in [0.29, 0.717) is 30.9 Å². The molecule has 27 heavy (non-hydrogen) atoms. The molecule has 1 heterocycles. The van der Waals surface area contributed by atoms with Crippen LogP contribution in [-0.4, -0.2) is 49.7 Å². The van der Waals surface area contributed by atoms with E-state index in [9.17, 15) is 13.2 Å². The fraction of sp³-hybridized carbons (Fsp3) is 0.316. The number of carbonyl (C=O) groups excluding carboxylic acids is 1. The van der Waals surface area contributed by atoms with Crippen LogP contribution in [0.1, 0.15) is 12.0 Å². The molecule has 0 radical (unpaired) electrons. The Labute approximate surface area is 159 Å². The Kier molecular flexibility index (Phi) is 6.10. The molecule has 1 saturated heterocycles. The first-order chi connectivity index (χ1) is 13.0. The molecule has 1 fully saturated rings. The molecule has 0 saturated carbocycles. The Morgan fingerprint density at radius 3 is 2.56 bits per heavy atom. The van der Waals surface area contributed by atoms with Gasteiger partial charge in [-0.25, -0.2) is 0 Å². The molecule has 1 aliphatic rings. The van der Waals surface area contributed by atoms with E-state index < -0.39 is 10.2 Å². The van der Waals surface area contributed by atoms with Crippen molar-refractivity contribution in [2.45, 2.75) is 13.0 Å². The lowest BCUT2D eigenvalue weighted by Crippen LogP contribution is -2.51. The molecular weight excluding hydrogens is 366 g/mol. The summed E-state index contributed by atoms with van der Waals surface area (Å²) >= 11 is 0. The molecule has 1 aliphatic heterocycles. The average Bonchev–Trinajstić information content (AvgIpc) is 2.66. The summed E-state index contributed by atoms with van der Waals surface area (Å²) < 4.78 is 33.6. The smallest absolute Gasteiger partial charge is 0.282 e. The standard InChI is InChI=1S/C19H23N3O4S/c1-26-18-10-5-7-16(13-18)14-21-11-6-12-22(27(21,24)25)15-19(23)20-17-8-3-2-4-9-17/h2-5,7-10,13H,6,11-12,14-15H2,1H3,(H,20,23). The molecule has 8 heteroatoms. The summed E-state index contributed by atoms with van der Waals surface area (Å²) in [5.41, 5.74) is 1.48. The van der Waals surface area contributed by atoms with Gasteiger partial charge in [0.05, 0.1) is 13.7 Å². The lowest BCUT2D eigenvalue weighted by atomic mass is 10.2. The average molecular weight is 389 g/mol. The molecule has 1 N–H and O–H groups in total. The van der Waals surface area contributed by atoms with Gasteiger partial charge < -0.3 is 10.1 Å². The van der Waals surface area contributed by atoms with Crippen molar-refractivity contribution < 1.29 is 17.9 Å². The summed E-state index contributed by atoms with van der Waals surface area (Å²) in [5.74, 6) is 0.328. The zero-order chi connectivity index (χ0) is 19.3. The topological polar surface area (TPSA) is 79.0 Å². The molecule has 0 bridgehead atoms. The molecule has 0 aromatic heterocycles. The van der Waals surface area contributed by atoms with Crippen LogP contribution in [0.4, 0.5) is 5.69 Å². The third kappa shape index (κ3) is 4.85. The Hall–Kier alpha value is -2.42. The second-order valence-electron chi connectivity index (χ2n) is 6.29. The SMILES string of the molecule is COc1cccc(CN2CCCN(CC(=O)Nc3ccccc3)S2(=O)=O)c1. The van der Waals surface area contributed by atoms with Crippen LogP contribution in [0.5, 0.6) is 5.75 Å². The number of para-hydroxylation sites is 1. The van der Waals surface area contributed by atoms with Crippen LogP contribution in [-0.2, 0) is 21.5 Å². The van der Waals surface area contributed by atoms with Crippen LogP contribution in [0.25, 0.3) is 0 Å². The highest BCUT2D eigenvalue weighted by molar-refractivity contribution is 7.86. The van der Waals surface area contributed by atoms with Crippen molar-refractivity contribution in [1.82, 2.24) is 8.61 Å². The Morgan fingerprint density at radius 1 is 1.07 bits per heavy atom. The number of hydrogen-bond acceptors (Lipinski definition) is 4. The van der Waals surface area contributed by atoms with Crippen LogP contribution in [0.3, 0.4) is 0 Å². The maximum Gasteiger partial charge on any atom is 0.282 e. The summed E-state index contributed by atoms with van der Waals surface area (Å²) in [5, 5.41) is 2.73.